The first kappa shape index (κ1) is 11.2. The van der Waals surface area contributed by atoms with Gasteiger partial charge in [-0.3, -0.25) is 0 Å². The SMILES string of the molecule is CCc1ccc2cc3c(nc2c1)NN(C1CC1)CC3. The average Bonchev–Trinajstić information content (AvgIpc) is 3.28. The number of anilines is 1. The topological polar surface area (TPSA) is 28.2 Å². The van der Waals surface area contributed by atoms with Crippen LogP contribution in [0.5, 0.6) is 0 Å². The second kappa shape index (κ2) is 4.20. The van der Waals surface area contributed by atoms with Crippen LogP contribution in [0.1, 0.15) is 30.9 Å². The molecule has 1 aliphatic heterocycles. The van der Waals surface area contributed by atoms with Crippen LogP contribution in [0.4, 0.5) is 5.82 Å². The third-order valence-electron chi connectivity index (χ3n) is 4.23. The molecular formula is C16H19N3. The number of nitrogens with zero attached hydrogens (tertiary/aromatic N) is 2. The first-order valence-corrected chi connectivity index (χ1v) is 7.29. The van der Waals surface area contributed by atoms with Crippen LogP contribution in [0.15, 0.2) is 24.3 Å². The summed E-state index contributed by atoms with van der Waals surface area (Å²) in [5.41, 5.74) is 7.34. The Morgan fingerprint density at radius 2 is 2.21 bits per heavy atom. The Morgan fingerprint density at radius 1 is 1.32 bits per heavy atom. The summed E-state index contributed by atoms with van der Waals surface area (Å²) < 4.78 is 0. The number of rotatable bonds is 2. The van der Waals surface area contributed by atoms with Crippen LogP contribution in [-0.4, -0.2) is 22.6 Å². The highest BCUT2D eigenvalue weighted by molar-refractivity contribution is 5.82. The van der Waals surface area contributed by atoms with Crippen LogP contribution < -0.4 is 5.43 Å². The Bertz CT molecular complexity index is 631. The van der Waals surface area contributed by atoms with Crippen molar-refractivity contribution >= 4 is 16.7 Å². The minimum absolute atomic E-state index is 0.743. The predicted octanol–water partition coefficient (Wildman–Crippen LogP) is 3.14. The fourth-order valence-corrected chi connectivity index (χ4v) is 2.86. The van der Waals surface area contributed by atoms with Gasteiger partial charge >= 0.3 is 0 Å². The second-order valence-corrected chi connectivity index (χ2v) is 5.66. The number of nitrogens with one attached hydrogen (secondary N) is 1. The molecule has 3 heteroatoms. The molecule has 98 valence electrons. The number of benzene rings is 1. The lowest BCUT2D eigenvalue weighted by molar-refractivity contribution is 0.310. The zero-order valence-electron chi connectivity index (χ0n) is 11.3. The van der Waals surface area contributed by atoms with Gasteiger partial charge in [0.1, 0.15) is 5.82 Å². The van der Waals surface area contributed by atoms with Crippen LogP contribution >= 0.6 is 0 Å². The summed E-state index contributed by atoms with van der Waals surface area (Å²) >= 11 is 0. The highest BCUT2D eigenvalue weighted by Gasteiger charge is 2.31. The molecule has 2 aliphatic rings. The molecule has 0 unspecified atom stereocenters. The van der Waals surface area contributed by atoms with Gasteiger partial charge < -0.3 is 5.43 Å². The monoisotopic (exact) mass is 253 g/mol. The highest BCUT2D eigenvalue weighted by Crippen LogP contribution is 2.32. The molecule has 2 heterocycles. The van der Waals surface area contributed by atoms with Crippen molar-refractivity contribution in [3.8, 4) is 0 Å². The molecule has 0 spiro atoms. The smallest absolute Gasteiger partial charge is 0.144 e. The molecule has 0 bridgehead atoms. The molecule has 1 N–H and O–H groups in total. The first-order chi connectivity index (χ1) is 9.33. The van der Waals surface area contributed by atoms with Crippen molar-refractivity contribution in [3.05, 3.63) is 35.4 Å². The van der Waals surface area contributed by atoms with Crippen LogP contribution in [0.3, 0.4) is 0 Å². The summed E-state index contributed by atoms with van der Waals surface area (Å²) in [6.07, 6.45) is 4.83. The molecule has 1 aliphatic carbocycles. The minimum atomic E-state index is 0.743. The van der Waals surface area contributed by atoms with Gasteiger partial charge in [-0.05, 0) is 48.9 Å². The average molecular weight is 253 g/mol. The molecule has 1 saturated carbocycles. The van der Waals surface area contributed by atoms with E-state index in [4.69, 9.17) is 4.98 Å². The number of hydrogen-bond acceptors (Lipinski definition) is 3. The largest absolute Gasteiger partial charge is 0.303 e. The lowest BCUT2D eigenvalue weighted by Gasteiger charge is -2.29. The Balaban J connectivity index is 1.76. The summed E-state index contributed by atoms with van der Waals surface area (Å²) in [5.74, 6) is 1.07. The zero-order valence-corrected chi connectivity index (χ0v) is 11.3. The first-order valence-electron chi connectivity index (χ1n) is 7.29. The Kier molecular flexibility index (Phi) is 2.49. The molecule has 1 aromatic carbocycles. The van der Waals surface area contributed by atoms with Crippen molar-refractivity contribution in [1.82, 2.24) is 9.99 Å². The zero-order chi connectivity index (χ0) is 12.8. The van der Waals surface area contributed by atoms with Gasteiger partial charge in [0.25, 0.3) is 0 Å². The van der Waals surface area contributed by atoms with Crippen molar-refractivity contribution in [3.63, 3.8) is 0 Å². The van der Waals surface area contributed by atoms with E-state index in [0.717, 1.165) is 36.8 Å². The fraction of sp³-hybridized carbons (Fsp3) is 0.438. The van der Waals surface area contributed by atoms with Crippen LogP contribution in [-0.2, 0) is 12.8 Å². The molecule has 3 nitrogen and oxygen atoms in total. The number of aryl methyl sites for hydroxylation is 1. The fourth-order valence-electron chi connectivity index (χ4n) is 2.86. The van der Waals surface area contributed by atoms with E-state index in [1.54, 1.807) is 0 Å². The summed E-state index contributed by atoms with van der Waals surface area (Å²) in [6.45, 7) is 3.30. The van der Waals surface area contributed by atoms with E-state index in [2.05, 4.69) is 41.6 Å². The summed E-state index contributed by atoms with van der Waals surface area (Å²) in [4.78, 5) is 4.83. The third kappa shape index (κ3) is 1.98. The van der Waals surface area contributed by atoms with Gasteiger partial charge in [-0.1, -0.05) is 19.1 Å². The summed E-state index contributed by atoms with van der Waals surface area (Å²) in [7, 11) is 0. The van der Waals surface area contributed by atoms with E-state index in [1.807, 2.05) is 0 Å². The van der Waals surface area contributed by atoms with Crippen molar-refractivity contribution in [2.24, 2.45) is 0 Å². The predicted molar refractivity (Wildman–Crippen MR) is 78.2 cm³/mol. The van der Waals surface area contributed by atoms with Crippen LogP contribution in [0.2, 0.25) is 0 Å². The molecule has 0 saturated heterocycles. The van der Waals surface area contributed by atoms with Gasteiger partial charge in [0, 0.05) is 18.0 Å². The maximum absolute atomic E-state index is 4.83. The maximum atomic E-state index is 4.83. The second-order valence-electron chi connectivity index (χ2n) is 5.66. The standard InChI is InChI=1S/C16H19N3/c1-2-11-3-4-12-10-13-7-8-19(14-5-6-14)18-16(13)17-15(12)9-11/h3-4,9-10,14H,2,5-8H2,1H3,(H,17,18). The van der Waals surface area contributed by atoms with E-state index in [1.165, 1.54) is 29.4 Å². The van der Waals surface area contributed by atoms with Crippen molar-refractivity contribution in [2.45, 2.75) is 38.6 Å². The van der Waals surface area contributed by atoms with Gasteiger partial charge in [0.2, 0.25) is 0 Å². The van der Waals surface area contributed by atoms with E-state index in [0.29, 0.717) is 0 Å². The van der Waals surface area contributed by atoms with E-state index in [9.17, 15) is 0 Å². The van der Waals surface area contributed by atoms with Crippen molar-refractivity contribution in [1.29, 1.82) is 0 Å². The number of hydrogen-bond donors (Lipinski definition) is 1. The van der Waals surface area contributed by atoms with Crippen LogP contribution in [0, 0.1) is 0 Å². The highest BCUT2D eigenvalue weighted by atomic mass is 15.5. The molecule has 4 rings (SSSR count). The maximum Gasteiger partial charge on any atom is 0.144 e. The summed E-state index contributed by atoms with van der Waals surface area (Å²) in [6, 6.07) is 9.67. The number of aromatic nitrogens is 1. The molecule has 0 atom stereocenters. The lowest BCUT2D eigenvalue weighted by atomic mass is 10.1. The number of fused-ring (bicyclic) bond motifs is 2. The molecular weight excluding hydrogens is 234 g/mol. The number of hydrazine groups is 1. The molecule has 1 fully saturated rings. The van der Waals surface area contributed by atoms with Crippen molar-refractivity contribution in [2.75, 3.05) is 12.0 Å². The minimum Gasteiger partial charge on any atom is -0.303 e. The molecule has 1 aromatic heterocycles. The van der Waals surface area contributed by atoms with Crippen molar-refractivity contribution < 1.29 is 0 Å². The molecule has 0 radical (unpaired) electrons. The van der Waals surface area contributed by atoms with Gasteiger partial charge in [-0.25, -0.2) is 9.99 Å². The van der Waals surface area contributed by atoms with E-state index in [-0.39, 0.29) is 0 Å². The summed E-state index contributed by atoms with van der Waals surface area (Å²) in [5, 5.41) is 3.63. The quantitative estimate of drug-likeness (QED) is 0.891. The normalized spacial score (nSPS) is 19.2. The Hall–Kier alpha value is -1.61. The van der Waals surface area contributed by atoms with Gasteiger partial charge in [0.05, 0.1) is 5.52 Å². The molecule has 2 aromatic rings. The Morgan fingerprint density at radius 3 is 3.00 bits per heavy atom. The van der Waals surface area contributed by atoms with Gasteiger partial charge in [0.15, 0.2) is 0 Å². The third-order valence-corrected chi connectivity index (χ3v) is 4.23. The molecule has 0 amide bonds. The van der Waals surface area contributed by atoms with E-state index >= 15 is 0 Å². The van der Waals surface area contributed by atoms with E-state index < -0.39 is 0 Å². The van der Waals surface area contributed by atoms with Gasteiger partial charge in [-0.15, -0.1) is 0 Å². The lowest BCUT2D eigenvalue weighted by Crippen LogP contribution is -2.38. The van der Waals surface area contributed by atoms with Gasteiger partial charge in [-0.2, -0.15) is 0 Å². The van der Waals surface area contributed by atoms with Crippen LogP contribution in [0.25, 0.3) is 10.9 Å². The number of pyridine rings is 1. The molecule has 19 heavy (non-hydrogen) atoms. The Labute approximate surface area is 113 Å².